The maximum atomic E-state index is 12.5. The van der Waals surface area contributed by atoms with Crippen LogP contribution in [0.25, 0.3) is 11.3 Å². The summed E-state index contributed by atoms with van der Waals surface area (Å²) in [5.41, 5.74) is 3.63. The van der Waals surface area contributed by atoms with Crippen LogP contribution in [0.5, 0.6) is 0 Å². The van der Waals surface area contributed by atoms with Crippen molar-refractivity contribution in [3.63, 3.8) is 0 Å². The highest BCUT2D eigenvalue weighted by molar-refractivity contribution is 6.36. The van der Waals surface area contributed by atoms with E-state index in [4.69, 9.17) is 27.7 Å². The van der Waals surface area contributed by atoms with E-state index in [2.05, 4.69) is 27.7 Å². The second-order valence-electron chi connectivity index (χ2n) is 6.57. The van der Waals surface area contributed by atoms with Gasteiger partial charge < -0.3 is 9.84 Å². The van der Waals surface area contributed by atoms with Crippen LogP contribution in [0.4, 0.5) is 5.69 Å². The van der Waals surface area contributed by atoms with Gasteiger partial charge in [0.15, 0.2) is 11.5 Å². The highest BCUT2D eigenvalue weighted by atomic mass is 35.5. The predicted octanol–water partition coefficient (Wildman–Crippen LogP) is 5.45. The molecule has 0 saturated heterocycles. The molecule has 2 aromatic heterocycles. The van der Waals surface area contributed by atoms with E-state index in [0.29, 0.717) is 33.6 Å². The first kappa shape index (κ1) is 19.2. The number of carbonyl (C=O) groups excluding carboxylic acids is 1. The monoisotopic (exact) mass is 426 g/mol. The van der Waals surface area contributed by atoms with E-state index in [-0.39, 0.29) is 5.69 Å². The molecule has 2 aromatic carbocycles. The van der Waals surface area contributed by atoms with Gasteiger partial charge in [-0.25, -0.2) is 0 Å². The Morgan fingerprint density at radius 2 is 1.93 bits per heavy atom. The summed E-state index contributed by atoms with van der Waals surface area (Å²) in [6, 6.07) is 14.7. The predicted molar refractivity (Wildman–Crippen MR) is 112 cm³/mol. The Morgan fingerprint density at radius 3 is 2.69 bits per heavy atom. The number of carbonyl (C=O) groups is 1. The zero-order valence-corrected chi connectivity index (χ0v) is 16.9. The molecule has 0 bridgehead atoms. The zero-order valence-electron chi connectivity index (χ0n) is 15.4. The summed E-state index contributed by atoms with van der Waals surface area (Å²) in [5.74, 6) is -0.0214. The summed E-state index contributed by atoms with van der Waals surface area (Å²) in [6.45, 7) is 2.65. The van der Waals surface area contributed by atoms with Crippen LogP contribution in [0.3, 0.4) is 0 Å². The van der Waals surface area contributed by atoms with Crippen LogP contribution in [0, 0.1) is 6.92 Å². The molecule has 1 N–H and O–H groups in total. The lowest BCUT2D eigenvalue weighted by atomic mass is 10.1. The third-order valence-electron chi connectivity index (χ3n) is 4.30. The van der Waals surface area contributed by atoms with Crippen molar-refractivity contribution in [2.75, 3.05) is 5.32 Å². The molecule has 0 aliphatic carbocycles. The SMILES string of the molecule is Cc1ccc(Cn2cc(NC(=O)c3cc(-c4ccc(Cl)cc4Cl)on3)cn2)cc1. The maximum Gasteiger partial charge on any atom is 0.277 e. The molecule has 0 atom stereocenters. The third-order valence-corrected chi connectivity index (χ3v) is 4.84. The number of rotatable bonds is 5. The van der Waals surface area contributed by atoms with Crippen molar-refractivity contribution in [1.29, 1.82) is 0 Å². The van der Waals surface area contributed by atoms with E-state index in [1.807, 2.05) is 19.1 Å². The van der Waals surface area contributed by atoms with Crippen molar-refractivity contribution in [2.24, 2.45) is 0 Å². The van der Waals surface area contributed by atoms with Crippen LogP contribution in [-0.4, -0.2) is 20.8 Å². The minimum atomic E-state index is -0.403. The van der Waals surface area contributed by atoms with E-state index in [1.54, 1.807) is 35.3 Å². The van der Waals surface area contributed by atoms with Gasteiger partial charge in [0.1, 0.15) is 0 Å². The number of nitrogens with one attached hydrogen (secondary N) is 1. The van der Waals surface area contributed by atoms with Gasteiger partial charge in [0.05, 0.1) is 23.5 Å². The molecular weight excluding hydrogens is 411 g/mol. The van der Waals surface area contributed by atoms with Crippen LogP contribution < -0.4 is 5.32 Å². The van der Waals surface area contributed by atoms with Gasteiger partial charge in [-0.1, -0.05) is 58.2 Å². The molecule has 0 saturated carbocycles. The van der Waals surface area contributed by atoms with Crippen LogP contribution in [0.2, 0.25) is 10.0 Å². The first-order valence-electron chi connectivity index (χ1n) is 8.79. The molecular formula is C21H16Cl2N4O2. The maximum absolute atomic E-state index is 12.5. The Labute approximate surface area is 177 Å². The lowest BCUT2D eigenvalue weighted by Crippen LogP contribution is -2.11. The summed E-state index contributed by atoms with van der Waals surface area (Å²) in [7, 11) is 0. The lowest BCUT2D eigenvalue weighted by molar-refractivity contribution is 0.101. The Morgan fingerprint density at radius 1 is 1.14 bits per heavy atom. The number of hydrogen-bond donors (Lipinski definition) is 1. The van der Waals surface area contributed by atoms with Crippen molar-refractivity contribution in [3.8, 4) is 11.3 Å². The number of benzene rings is 2. The first-order valence-corrected chi connectivity index (χ1v) is 9.55. The molecule has 0 fully saturated rings. The third kappa shape index (κ3) is 4.50. The molecule has 0 aliphatic rings. The zero-order chi connectivity index (χ0) is 20.4. The summed E-state index contributed by atoms with van der Waals surface area (Å²) in [6.07, 6.45) is 3.35. The Bertz CT molecular complexity index is 1170. The highest BCUT2D eigenvalue weighted by Crippen LogP contribution is 2.30. The fraction of sp³-hybridized carbons (Fsp3) is 0.0952. The van der Waals surface area contributed by atoms with Gasteiger partial charge in [-0.3, -0.25) is 9.48 Å². The second-order valence-corrected chi connectivity index (χ2v) is 7.41. The minimum Gasteiger partial charge on any atom is -0.355 e. The Hall–Kier alpha value is -3.09. The van der Waals surface area contributed by atoms with Gasteiger partial charge in [0.2, 0.25) is 0 Å². The molecule has 0 unspecified atom stereocenters. The Balaban J connectivity index is 1.44. The van der Waals surface area contributed by atoms with Crippen LogP contribution in [-0.2, 0) is 6.54 Å². The second kappa shape index (κ2) is 8.11. The minimum absolute atomic E-state index is 0.136. The van der Waals surface area contributed by atoms with Gasteiger partial charge in [-0.2, -0.15) is 5.10 Å². The molecule has 8 heteroatoms. The number of aromatic nitrogens is 3. The quantitative estimate of drug-likeness (QED) is 0.460. The average Bonchev–Trinajstić information content (AvgIpc) is 3.33. The number of nitrogens with zero attached hydrogens (tertiary/aromatic N) is 3. The van der Waals surface area contributed by atoms with Crippen molar-refractivity contribution in [2.45, 2.75) is 13.5 Å². The van der Waals surface area contributed by atoms with E-state index < -0.39 is 5.91 Å². The van der Waals surface area contributed by atoms with Gasteiger partial charge in [0.25, 0.3) is 5.91 Å². The normalized spacial score (nSPS) is 10.9. The van der Waals surface area contributed by atoms with E-state index in [9.17, 15) is 4.79 Å². The van der Waals surface area contributed by atoms with Crippen molar-refractivity contribution < 1.29 is 9.32 Å². The summed E-state index contributed by atoms with van der Waals surface area (Å²) in [5, 5.41) is 11.8. The fourth-order valence-electron chi connectivity index (χ4n) is 2.79. The Kier molecular flexibility index (Phi) is 5.38. The van der Waals surface area contributed by atoms with E-state index >= 15 is 0 Å². The van der Waals surface area contributed by atoms with Crippen LogP contribution in [0.1, 0.15) is 21.6 Å². The van der Waals surface area contributed by atoms with Gasteiger partial charge >= 0.3 is 0 Å². The number of hydrogen-bond acceptors (Lipinski definition) is 4. The average molecular weight is 427 g/mol. The topological polar surface area (TPSA) is 73.0 Å². The molecule has 29 heavy (non-hydrogen) atoms. The van der Waals surface area contributed by atoms with Gasteiger partial charge in [-0.15, -0.1) is 0 Å². The largest absolute Gasteiger partial charge is 0.355 e. The molecule has 4 aromatic rings. The van der Waals surface area contributed by atoms with Gasteiger partial charge in [0, 0.05) is 22.8 Å². The van der Waals surface area contributed by atoms with Crippen molar-refractivity contribution >= 4 is 34.8 Å². The number of amides is 1. The first-order chi connectivity index (χ1) is 14.0. The standard InChI is InChI=1S/C21H16Cl2N4O2/c1-13-2-4-14(5-3-13)11-27-12-16(10-24-27)25-21(28)19-9-20(29-26-19)17-7-6-15(22)8-18(17)23/h2-10,12H,11H2,1H3,(H,25,28). The molecule has 2 heterocycles. The fourth-order valence-corrected chi connectivity index (χ4v) is 3.29. The van der Waals surface area contributed by atoms with Crippen LogP contribution >= 0.6 is 23.2 Å². The number of aryl methyl sites for hydroxylation is 1. The summed E-state index contributed by atoms with van der Waals surface area (Å²) in [4.78, 5) is 12.5. The number of halogens is 2. The van der Waals surface area contributed by atoms with Crippen LogP contribution in [0.15, 0.2) is 65.4 Å². The molecule has 4 rings (SSSR count). The summed E-state index contributed by atoms with van der Waals surface area (Å²) >= 11 is 12.1. The molecule has 0 spiro atoms. The molecule has 0 aliphatic heterocycles. The van der Waals surface area contributed by atoms with E-state index in [0.717, 1.165) is 5.56 Å². The molecule has 1 amide bonds. The van der Waals surface area contributed by atoms with E-state index in [1.165, 1.54) is 11.6 Å². The van der Waals surface area contributed by atoms with Gasteiger partial charge in [-0.05, 0) is 30.7 Å². The van der Waals surface area contributed by atoms with Crippen molar-refractivity contribution in [1.82, 2.24) is 14.9 Å². The smallest absolute Gasteiger partial charge is 0.277 e. The lowest BCUT2D eigenvalue weighted by Gasteiger charge is -2.02. The number of anilines is 1. The highest BCUT2D eigenvalue weighted by Gasteiger charge is 2.16. The summed E-state index contributed by atoms with van der Waals surface area (Å²) < 4.78 is 7.02. The molecule has 6 nitrogen and oxygen atoms in total. The molecule has 146 valence electrons. The molecule has 0 radical (unpaired) electrons. The van der Waals surface area contributed by atoms with Crippen molar-refractivity contribution in [3.05, 3.63) is 87.8 Å².